The molecule has 0 unspecified atom stereocenters. The van der Waals surface area contributed by atoms with Crippen LogP contribution in [0.25, 0.3) is 11.0 Å². The van der Waals surface area contributed by atoms with Crippen LogP contribution in [0.5, 0.6) is 0 Å². The number of hydrogen-bond acceptors (Lipinski definition) is 6. The topological polar surface area (TPSA) is 94.1 Å². The van der Waals surface area contributed by atoms with Crippen molar-refractivity contribution in [2.75, 3.05) is 11.9 Å². The fraction of sp³-hybridized carbons (Fsp3) is 0.333. The Kier molecular flexibility index (Phi) is 6.60. The molecule has 0 bridgehead atoms. The van der Waals surface area contributed by atoms with E-state index in [0.717, 1.165) is 24.2 Å². The molecule has 28 heavy (non-hydrogen) atoms. The quantitative estimate of drug-likeness (QED) is 0.665. The monoisotopic (exact) mass is 443 g/mol. The van der Waals surface area contributed by atoms with E-state index in [1.165, 1.54) is 10.3 Å². The van der Waals surface area contributed by atoms with Gasteiger partial charge in [0, 0.05) is 25.3 Å². The molecule has 152 valence electrons. The van der Waals surface area contributed by atoms with Crippen LogP contribution in [0.2, 0.25) is 0 Å². The molecular weight excluding hydrogens is 421 g/mol. The van der Waals surface area contributed by atoms with E-state index in [2.05, 4.69) is 14.9 Å². The van der Waals surface area contributed by atoms with Gasteiger partial charge in [-0.2, -0.15) is 0 Å². The number of fused-ring (bicyclic) bond motifs is 1. The van der Waals surface area contributed by atoms with E-state index in [9.17, 15) is 8.42 Å². The number of halogens is 2. The van der Waals surface area contributed by atoms with Crippen LogP contribution in [0.15, 0.2) is 47.8 Å². The number of nitrogens with zero attached hydrogens (tertiary/aromatic N) is 4. The van der Waals surface area contributed by atoms with Crippen molar-refractivity contribution in [3.63, 3.8) is 0 Å². The van der Waals surface area contributed by atoms with Gasteiger partial charge in [-0.05, 0) is 38.0 Å². The number of aromatic nitrogens is 3. The van der Waals surface area contributed by atoms with Crippen LogP contribution in [-0.2, 0) is 10.0 Å². The summed E-state index contributed by atoms with van der Waals surface area (Å²) >= 11 is 0. The molecule has 1 fully saturated rings. The summed E-state index contributed by atoms with van der Waals surface area (Å²) < 4.78 is 27.3. The fourth-order valence-electron chi connectivity index (χ4n) is 3.33. The molecule has 1 saturated carbocycles. The van der Waals surface area contributed by atoms with E-state index in [1.54, 1.807) is 36.5 Å². The van der Waals surface area contributed by atoms with Crippen LogP contribution in [0.1, 0.15) is 18.4 Å². The molecule has 7 nitrogen and oxygen atoms in total. The third-order valence-corrected chi connectivity index (χ3v) is 6.72. The molecule has 0 radical (unpaired) electrons. The van der Waals surface area contributed by atoms with Crippen LogP contribution in [-0.4, -0.2) is 41.5 Å². The lowest BCUT2D eigenvalue weighted by Crippen LogP contribution is -2.49. The van der Waals surface area contributed by atoms with Crippen molar-refractivity contribution in [3.8, 4) is 0 Å². The second-order valence-electron chi connectivity index (χ2n) is 6.86. The first kappa shape index (κ1) is 22.4. The molecule has 0 amide bonds. The highest BCUT2D eigenvalue weighted by Crippen LogP contribution is 2.31. The molecule has 2 N–H and O–H groups in total. The van der Waals surface area contributed by atoms with Gasteiger partial charge in [0.15, 0.2) is 5.65 Å². The highest BCUT2D eigenvalue weighted by Gasteiger charge is 2.31. The molecule has 1 aliphatic rings. The molecule has 0 atom stereocenters. The number of aryl methyl sites for hydroxylation is 1. The second-order valence-corrected chi connectivity index (χ2v) is 8.68. The van der Waals surface area contributed by atoms with Crippen LogP contribution in [0.4, 0.5) is 5.82 Å². The molecule has 1 aromatic carbocycles. The van der Waals surface area contributed by atoms with Crippen molar-refractivity contribution in [3.05, 3.63) is 48.4 Å². The minimum absolute atomic E-state index is 0. The molecular formula is C18H23Cl2N5O2S. The average molecular weight is 444 g/mol. The number of benzene rings is 1. The zero-order valence-corrected chi connectivity index (χ0v) is 18.0. The van der Waals surface area contributed by atoms with Crippen molar-refractivity contribution >= 4 is 51.7 Å². The summed E-state index contributed by atoms with van der Waals surface area (Å²) in [6.45, 7) is 1.92. The summed E-state index contributed by atoms with van der Waals surface area (Å²) in [7, 11) is -1.75. The lowest BCUT2D eigenvalue weighted by molar-refractivity contribution is 0.339. The van der Waals surface area contributed by atoms with Gasteiger partial charge in [-0.25, -0.2) is 22.4 Å². The van der Waals surface area contributed by atoms with Crippen molar-refractivity contribution in [2.24, 2.45) is 5.73 Å². The Morgan fingerprint density at radius 1 is 1.11 bits per heavy atom. The van der Waals surface area contributed by atoms with Gasteiger partial charge in [0.25, 0.3) is 10.0 Å². The molecule has 2 heterocycles. The van der Waals surface area contributed by atoms with Crippen molar-refractivity contribution in [1.82, 2.24) is 13.9 Å². The van der Waals surface area contributed by atoms with Gasteiger partial charge < -0.3 is 10.6 Å². The summed E-state index contributed by atoms with van der Waals surface area (Å²) in [6, 6.07) is 9.09. The minimum atomic E-state index is -3.71. The van der Waals surface area contributed by atoms with E-state index >= 15 is 0 Å². The van der Waals surface area contributed by atoms with Gasteiger partial charge in [0.1, 0.15) is 12.1 Å². The first-order valence-corrected chi connectivity index (χ1v) is 9.94. The third-order valence-electron chi connectivity index (χ3n) is 5.04. The zero-order chi connectivity index (χ0) is 18.5. The number of rotatable bonds is 4. The highest BCUT2D eigenvalue weighted by atomic mass is 35.5. The van der Waals surface area contributed by atoms with E-state index in [0.29, 0.717) is 17.1 Å². The SMILES string of the molecule is Cc1ccc(S(=O)(=O)n2ccc3c(N(C)C4CC(N)C4)ncnc32)cc1.Cl.Cl. The van der Waals surface area contributed by atoms with Gasteiger partial charge in [-0.3, -0.25) is 0 Å². The lowest BCUT2D eigenvalue weighted by atomic mass is 9.86. The van der Waals surface area contributed by atoms with Gasteiger partial charge in [-0.15, -0.1) is 24.8 Å². The van der Waals surface area contributed by atoms with Crippen LogP contribution < -0.4 is 10.6 Å². The Hall–Kier alpha value is -1.87. The standard InChI is InChI=1S/C18H21N5O2S.2ClH/c1-12-3-5-15(6-4-12)26(24,25)23-8-7-16-17(20-11-21-18(16)23)22(2)14-9-13(19)10-14;;/h3-8,11,13-14H,9-10,19H2,1-2H3;2*1H. The van der Waals surface area contributed by atoms with Gasteiger partial charge in [-0.1, -0.05) is 17.7 Å². The Balaban J connectivity index is 0.00000140. The molecule has 0 saturated heterocycles. The molecule has 4 rings (SSSR count). The largest absolute Gasteiger partial charge is 0.356 e. The Morgan fingerprint density at radius 3 is 2.36 bits per heavy atom. The number of anilines is 1. The van der Waals surface area contributed by atoms with Crippen LogP contribution in [0.3, 0.4) is 0 Å². The van der Waals surface area contributed by atoms with Gasteiger partial charge in [0.05, 0.1) is 10.3 Å². The molecule has 2 aromatic heterocycles. The maximum atomic E-state index is 13.0. The molecule has 10 heteroatoms. The minimum Gasteiger partial charge on any atom is -0.356 e. The van der Waals surface area contributed by atoms with E-state index in [1.807, 2.05) is 14.0 Å². The van der Waals surface area contributed by atoms with E-state index in [-0.39, 0.29) is 35.8 Å². The Morgan fingerprint density at radius 2 is 1.75 bits per heavy atom. The summed E-state index contributed by atoms with van der Waals surface area (Å²) in [4.78, 5) is 10.9. The van der Waals surface area contributed by atoms with Gasteiger partial charge >= 0.3 is 0 Å². The van der Waals surface area contributed by atoms with Crippen molar-refractivity contribution in [2.45, 2.75) is 36.7 Å². The van der Waals surface area contributed by atoms with E-state index < -0.39 is 10.0 Å². The van der Waals surface area contributed by atoms with Crippen LogP contribution >= 0.6 is 24.8 Å². The molecule has 1 aliphatic carbocycles. The average Bonchev–Trinajstić information content (AvgIpc) is 3.03. The summed E-state index contributed by atoms with van der Waals surface area (Å²) in [5.41, 5.74) is 7.28. The maximum absolute atomic E-state index is 13.0. The predicted molar refractivity (Wildman–Crippen MR) is 115 cm³/mol. The zero-order valence-electron chi connectivity index (χ0n) is 15.5. The molecule has 0 spiro atoms. The summed E-state index contributed by atoms with van der Waals surface area (Å²) in [5, 5.41) is 0.714. The van der Waals surface area contributed by atoms with Gasteiger partial charge in [0.2, 0.25) is 0 Å². The smallest absolute Gasteiger partial charge is 0.269 e. The summed E-state index contributed by atoms with van der Waals surface area (Å²) in [6.07, 6.45) is 4.76. The van der Waals surface area contributed by atoms with Crippen molar-refractivity contribution < 1.29 is 8.42 Å². The fourth-order valence-corrected chi connectivity index (χ4v) is 4.63. The first-order valence-electron chi connectivity index (χ1n) is 8.50. The van der Waals surface area contributed by atoms with Crippen molar-refractivity contribution in [1.29, 1.82) is 0 Å². The maximum Gasteiger partial charge on any atom is 0.269 e. The normalized spacial score (nSPS) is 18.7. The lowest BCUT2D eigenvalue weighted by Gasteiger charge is -2.40. The Bertz CT molecular complexity index is 1060. The number of nitrogens with two attached hydrogens (primary N) is 1. The Labute approximate surface area is 176 Å². The first-order chi connectivity index (χ1) is 12.4. The predicted octanol–water partition coefficient (Wildman–Crippen LogP) is 2.75. The highest BCUT2D eigenvalue weighted by molar-refractivity contribution is 7.90. The van der Waals surface area contributed by atoms with Crippen LogP contribution in [0, 0.1) is 6.92 Å². The summed E-state index contributed by atoms with van der Waals surface area (Å²) in [5.74, 6) is 0.727. The molecule has 3 aromatic rings. The molecule has 0 aliphatic heterocycles. The second kappa shape index (κ2) is 8.24. The van der Waals surface area contributed by atoms with E-state index in [4.69, 9.17) is 5.73 Å². The number of hydrogen-bond donors (Lipinski definition) is 1. The third kappa shape index (κ3) is 3.69.